The molecule has 4 rings (SSSR count). The molecule has 1 aliphatic carbocycles. The predicted octanol–water partition coefficient (Wildman–Crippen LogP) is 3.41. The minimum absolute atomic E-state index is 0.00853. The van der Waals surface area contributed by atoms with Gasteiger partial charge in [-0.2, -0.15) is 0 Å². The van der Waals surface area contributed by atoms with E-state index in [1.54, 1.807) is 24.8 Å². The highest BCUT2D eigenvalue weighted by atomic mass is 16.5. The Balaban J connectivity index is 1.36. The van der Waals surface area contributed by atoms with Gasteiger partial charge in [0, 0.05) is 30.4 Å². The third-order valence-corrected chi connectivity index (χ3v) is 4.91. The second-order valence-corrected chi connectivity index (χ2v) is 6.88. The second kappa shape index (κ2) is 8.71. The van der Waals surface area contributed by atoms with Gasteiger partial charge in [-0.05, 0) is 37.0 Å². The molecule has 0 aliphatic heterocycles. The van der Waals surface area contributed by atoms with Crippen LogP contribution in [-0.4, -0.2) is 33.0 Å². The maximum atomic E-state index is 12.6. The Labute approximate surface area is 164 Å². The highest BCUT2D eigenvalue weighted by Crippen LogP contribution is 2.24. The molecule has 6 heteroatoms. The Morgan fingerprint density at radius 1 is 1.04 bits per heavy atom. The number of pyridine rings is 1. The highest BCUT2D eigenvalue weighted by Gasteiger charge is 2.29. The first-order valence-electron chi connectivity index (χ1n) is 9.48. The molecule has 1 amide bonds. The Bertz CT molecular complexity index is 901. The summed E-state index contributed by atoms with van der Waals surface area (Å²) in [5.74, 6) is 0.382. The summed E-state index contributed by atoms with van der Waals surface area (Å²) in [5, 5.41) is 3.08. The van der Waals surface area contributed by atoms with Crippen molar-refractivity contribution in [3.05, 3.63) is 78.4 Å². The summed E-state index contributed by atoms with van der Waals surface area (Å²) in [6, 6.07) is 13.8. The van der Waals surface area contributed by atoms with Gasteiger partial charge in [0.25, 0.3) is 5.91 Å². The quantitative estimate of drug-likeness (QED) is 0.715. The van der Waals surface area contributed by atoms with Crippen molar-refractivity contribution in [3.8, 4) is 11.4 Å². The molecular formula is C22H22N4O2. The number of ether oxygens (including phenoxy) is 1. The number of carbonyl (C=O) groups excluding carboxylic acids is 1. The average Bonchev–Trinajstić information content (AvgIpc) is 3.20. The number of rotatable bonds is 6. The molecule has 0 bridgehead atoms. The average molecular weight is 374 g/mol. The third kappa shape index (κ3) is 4.40. The van der Waals surface area contributed by atoms with Crippen LogP contribution in [-0.2, 0) is 11.3 Å². The molecule has 0 radical (unpaired) electrons. The smallest absolute Gasteiger partial charge is 0.254 e. The molecule has 2 atom stereocenters. The fourth-order valence-corrected chi connectivity index (χ4v) is 3.41. The topological polar surface area (TPSA) is 77.0 Å². The summed E-state index contributed by atoms with van der Waals surface area (Å²) in [5.41, 5.74) is 2.40. The maximum Gasteiger partial charge on any atom is 0.254 e. The van der Waals surface area contributed by atoms with Crippen molar-refractivity contribution in [2.75, 3.05) is 0 Å². The van der Waals surface area contributed by atoms with Gasteiger partial charge in [0.15, 0.2) is 5.82 Å². The lowest BCUT2D eigenvalue weighted by Crippen LogP contribution is -2.41. The van der Waals surface area contributed by atoms with Crippen LogP contribution in [0.25, 0.3) is 11.4 Å². The molecule has 6 nitrogen and oxygen atoms in total. The Morgan fingerprint density at radius 2 is 1.86 bits per heavy atom. The molecule has 28 heavy (non-hydrogen) atoms. The molecule has 2 heterocycles. The summed E-state index contributed by atoms with van der Waals surface area (Å²) >= 11 is 0. The van der Waals surface area contributed by atoms with Gasteiger partial charge in [-0.3, -0.25) is 9.78 Å². The van der Waals surface area contributed by atoms with Crippen LogP contribution >= 0.6 is 0 Å². The van der Waals surface area contributed by atoms with Crippen molar-refractivity contribution >= 4 is 5.91 Å². The van der Waals surface area contributed by atoms with Crippen molar-refractivity contribution in [2.45, 2.75) is 38.0 Å². The van der Waals surface area contributed by atoms with Crippen molar-refractivity contribution in [3.63, 3.8) is 0 Å². The monoisotopic (exact) mass is 374 g/mol. The molecule has 1 saturated carbocycles. The van der Waals surface area contributed by atoms with Crippen LogP contribution in [0.4, 0.5) is 0 Å². The second-order valence-electron chi connectivity index (χ2n) is 6.88. The van der Waals surface area contributed by atoms with Crippen LogP contribution in [0.15, 0.2) is 67.3 Å². The SMILES string of the molecule is O=C(N[C@@H]1CCC[C@H]1OCc1ccccc1)c1cnc(-c2cccnc2)nc1. The molecule has 3 aromatic rings. The van der Waals surface area contributed by atoms with E-state index in [1.807, 2.05) is 42.5 Å². The molecule has 1 aromatic carbocycles. The number of nitrogens with one attached hydrogen (secondary N) is 1. The van der Waals surface area contributed by atoms with Gasteiger partial charge in [0.05, 0.1) is 24.3 Å². The van der Waals surface area contributed by atoms with E-state index >= 15 is 0 Å². The van der Waals surface area contributed by atoms with Gasteiger partial charge in [0.2, 0.25) is 0 Å². The number of aromatic nitrogens is 3. The molecule has 142 valence electrons. The van der Waals surface area contributed by atoms with Crippen LogP contribution in [0.3, 0.4) is 0 Å². The number of amides is 1. The first kappa shape index (κ1) is 18.3. The van der Waals surface area contributed by atoms with Crippen LogP contribution in [0.2, 0.25) is 0 Å². The summed E-state index contributed by atoms with van der Waals surface area (Å²) in [7, 11) is 0. The minimum Gasteiger partial charge on any atom is -0.371 e. The zero-order chi connectivity index (χ0) is 19.2. The summed E-state index contributed by atoms with van der Waals surface area (Å²) in [6.45, 7) is 0.556. The van der Waals surface area contributed by atoms with E-state index in [1.165, 1.54) is 0 Å². The number of carbonyl (C=O) groups is 1. The van der Waals surface area contributed by atoms with Gasteiger partial charge in [0.1, 0.15) is 0 Å². The number of nitrogens with zero attached hydrogens (tertiary/aromatic N) is 3. The number of benzene rings is 1. The highest BCUT2D eigenvalue weighted by molar-refractivity contribution is 5.94. The van der Waals surface area contributed by atoms with Crippen LogP contribution < -0.4 is 5.32 Å². The minimum atomic E-state index is -0.169. The van der Waals surface area contributed by atoms with Crippen molar-refractivity contribution in [1.29, 1.82) is 0 Å². The van der Waals surface area contributed by atoms with Crippen molar-refractivity contribution < 1.29 is 9.53 Å². The summed E-state index contributed by atoms with van der Waals surface area (Å²) in [4.78, 5) is 25.3. The molecular weight excluding hydrogens is 352 g/mol. The predicted molar refractivity (Wildman–Crippen MR) is 105 cm³/mol. The summed E-state index contributed by atoms with van der Waals surface area (Å²) < 4.78 is 6.06. The van der Waals surface area contributed by atoms with E-state index in [-0.39, 0.29) is 18.1 Å². The molecule has 1 fully saturated rings. The van der Waals surface area contributed by atoms with E-state index in [0.717, 1.165) is 30.4 Å². The van der Waals surface area contributed by atoms with Crippen molar-refractivity contribution in [2.24, 2.45) is 0 Å². The summed E-state index contributed by atoms with van der Waals surface area (Å²) in [6.07, 6.45) is 9.44. The van der Waals surface area contributed by atoms with Crippen LogP contribution in [0.5, 0.6) is 0 Å². The normalized spacial score (nSPS) is 18.7. The van der Waals surface area contributed by atoms with Crippen LogP contribution in [0, 0.1) is 0 Å². The molecule has 0 unspecified atom stereocenters. The first-order chi connectivity index (χ1) is 13.8. The molecule has 1 aliphatic rings. The van der Waals surface area contributed by atoms with E-state index in [0.29, 0.717) is 18.0 Å². The zero-order valence-corrected chi connectivity index (χ0v) is 15.5. The number of hydrogen-bond donors (Lipinski definition) is 1. The molecule has 1 N–H and O–H groups in total. The number of hydrogen-bond acceptors (Lipinski definition) is 5. The zero-order valence-electron chi connectivity index (χ0n) is 15.5. The standard InChI is InChI=1S/C22H22N4O2/c27-22(18-13-24-21(25-14-18)17-8-5-11-23-12-17)26-19-9-4-10-20(19)28-15-16-6-2-1-3-7-16/h1-3,5-8,11-14,19-20H,4,9-10,15H2,(H,26,27)/t19-,20-/m1/s1. The lowest BCUT2D eigenvalue weighted by atomic mass is 10.2. The van der Waals surface area contributed by atoms with E-state index in [9.17, 15) is 4.79 Å². The Hall–Kier alpha value is -3.12. The van der Waals surface area contributed by atoms with Gasteiger partial charge >= 0.3 is 0 Å². The fourth-order valence-electron chi connectivity index (χ4n) is 3.41. The van der Waals surface area contributed by atoms with E-state index in [4.69, 9.17) is 4.74 Å². The van der Waals surface area contributed by atoms with Gasteiger partial charge in [-0.15, -0.1) is 0 Å². The van der Waals surface area contributed by atoms with E-state index < -0.39 is 0 Å². The largest absolute Gasteiger partial charge is 0.371 e. The molecule has 0 spiro atoms. The van der Waals surface area contributed by atoms with Gasteiger partial charge in [-0.1, -0.05) is 30.3 Å². The first-order valence-corrected chi connectivity index (χ1v) is 9.48. The third-order valence-electron chi connectivity index (χ3n) is 4.91. The Kier molecular flexibility index (Phi) is 5.68. The maximum absolute atomic E-state index is 12.6. The lowest BCUT2D eigenvalue weighted by molar-refractivity contribution is 0.0272. The van der Waals surface area contributed by atoms with Gasteiger partial charge < -0.3 is 10.1 Å². The van der Waals surface area contributed by atoms with E-state index in [2.05, 4.69) is 20.3 Å². The Morgan fingerprint density at radius 3 is 2.61 bits per heavy atom. The fraction of sp³-hybridized carbons (Fsp3) is 0.273. The molecule has 2 aromatic heterocycles. The van der Waals surface area contributed by atoms with Gasteiger partial charge in [-0.25, -0.2) is 9.97 Å². The van der Waals surface area contributed by atoms with Crippen LogP contribution in [0.1, 0.15) is 35.2 Å². The lowest BCUT2D eigenvalue weighted by Gasteiger charge is -2.21. The molecule has 0 saturated heterocycles. The van der Waals surface area contributed by atoms with Crippen molar-refractivity contribution in [1.82, 2.24) is 20.3 Å².